The molecule has 6 nitrogen and oxygen atoms in total. The molecule has 2 aliphatic heterocycles. The molecule has 1 aromatic rings. The monoisotopic (exact) mass is 359 g/mol. The van der Waals surface area contributed by atoms with Crippen molar-refractivity contribution in [2.24, 2.45) is 0 Å². The normalized spacial score (nSPS) is 23.8. The Labute approximate surface area is 155 Å². The standard InChI is InChI=1S/C20H29N3O3/c24-19(22-17-5-3-1-2-4-6-17)16-7-8-18(21-15-16)23-11-9-20(10-12-23)25-13-14-26-20/h7-8,15,17H,1-6,9-14H2,(H,22,24). The second kappa shape index (κ2) is 7.92. The van der Waals surface area contributed by atoms with E-state index in [4.69, 9.17) is 9.47 Å². The van der Waals surface area contributed by atoms with Gasteiger partial charge in [-0.1, -0.05) is 25.7 Å². The highest BCUT2D eigenvalue weighted by Crippen LogP contribution is 2.32. The molecule has 0 aromatic carbocycles. The Bertz CT molecular complexity index is 595. The fraction of sp³-hybridized carbons (Fsp3) is 0.700. The highest BCUT2D eigenvalue weighted by atomic mass is 16.7. The highest BCUT2D eigenvalue weighted by Gasteiger charge is 2.40. The van der Waals surface area contributed by atoms with Crippen molar-refractivity contribution in [3.8, 4) is 0 Å². The second-order valence-electron chi connectivity index (χ2n) is 7.66. The average molecular weight is 359 g/mol. The number of pyridine rings is 1. The van der Waals surface area contributed by atoms with E-state index in [0.717, 1.165) is 44.6 Å². The lowest BCUT2D eigenvalue weighted by atomic mass is 10.0. The van der Waals surface area contributed by atoms with E-state index < -0.39 is 0 Å². The largest absolute Gasteiger partial charge is 0.356 e. The van der Waals surface area contributed by atoms with Crippen LogP contribution in [0.1, 0.15) is 61.7 Å². The number of nitrogens with one attached hydrogen (secondary N) is 1. The fourth-order valence-electron chi connectivity index (χ4n) is 4.26. The van der Waals surface area contributed by atoms with E-state index in [1.807, 2.05) is 12.1 Å². The summed E-state index contributed by atoms with van der Waals surface area (Å²) in [6.45, 7) is 3.12. The first kappa shape index (κ1) is 17.7. The first-order valence-corrected chi connectivity index (χ1v) is 10.0. The van der Waals surface area contributed by atoms with Gasteiger partial charge in [-0.3, -0.25) is 4.79 Å². The number of piperidine rings is 1. The first-order chi connectivity index (χ1) is 12.7. The molecule has 0 bridgehead atoms. The van der Waals surface area contributed by atoms with Gasteiger partial charge >= 0.3 is 0 Å². The maximum Gasteiger partial charge on any atom is 0.253 e. The van der Waals surface area contributed by atoms with Crippen LogP contribution in [0.5, 0.6) is 0 Å². The topological polar surface area (TPSA) is 63.7 Å². The SMILES string of the molecule is O=C(NC1CCCCCC1)c1ccc(N2CCC3(CC2)OCCO3)nc1. The predicted molar refractivity (Wildman–Crippen MR) is 99.3 cm³/mol. The summed E-state index contributed by atoms with van der Waals surface area (Å²) in [5.74, 6) is 0.555. The molecule has 142 valence electrons. The van der Waals surface area contributed by atoms with Gasteiger partial charge in [-0.15, -0.1) is 0 Å². The highest BCUT2D eigenvalue weighted by molar-refractivity contribution is 5.94. The van der Waals surface area contributed by atoms with Crippen LogP contribution in [0, 0.1) is 0 Å². The number of nitrogens with zero attached hydrogens (tertiary/aromatic N) is 2. The minimum atomic E-state index is -0.366. The van der Waals surface area contributed by atoms with Crippen LogP contribution in [-0.2, 0) is 9.47 Å². The zero-order valence-electron chi connectivity index (χ0n) is 15.4. The molecule has 1 spiro atoms. The van der Waals surface area contributed by atoms with Gasteiger partial charge in [0.2, 0.25) is 0 Å². The van der Waals surface area contributed by atoms with E-state index in [1.165, 1.54) is 25.7 Å². The smallest absolute Gasteiger partial charge is 0.253 e. The molecule has 1 aromatic heterocycles. The van der Waals surface area contributed by atoms with Crippen LogP contribution >= 0.6 is 0 Å². The molecule has 3 fully saturated rings. The Morgan fingerprint density at radius 2 is 1.77 bits per heavy atom. The molecule has 3 heterocycles. The minimum absolute atomic E-state index is 0.00121. The number of hydrogen-bond donors (Lipinski definition) is 1. The third-order valence-corrected chi connectivity index (χ3v) is 5.86. The van der Waals surface area contributed by atoms with Gasteiger partial charge in [0.25, 0.3) is 5.91 Å². The third kappa shape index (κ3) is 4.01. The predicted octanol–water partition coefficient (Wildman–Crippen LogP) is 2.88. The molecule has 0 unspecified atom stereocenters. The van der Waals surface area contributed by atoms with Gasteiger partial charge < -0.3 is 19.7 Å². The van der Waals surface area contributed by atoms with Gasteiger partial charge in [0.05, 0.1) is 18.8 Å². The summed E-state index contributed by atoms with van der Waals surface area (Å²) < 4.78 is 11.5. The molecule has 3 aliphatic rings. The van der Waals surface area contributed by atoms with Crippen molar-refractivity contribution in [1.29, 1.82) is 0 Å². The van der Waals surface area contributed by atoms with E-state index >= 15 is 0 Å². The minimum Gasteiger partial charge on any atom is -0.356 e. The Morgan fingerprint density at radius 3 is 2.38 bits per heavy atom. The van der Waals surface area contributed by atoms with Crippen molar-refractivity contribution in [3.63, 3.8) is 0 Å². The van der Waals surface area contributed by atoms with Gasteiger partial charge in [0, 0.05) is 38.2 Å². The number of carbonyl (C=O) groups excluding carboxylic acids is 1. The summed E-state index contributed by atoms with van der Waals surface area (Å²) in [6.07, 6.45) is 10.6. The zero-order valence-corrected chi connectivity index (χ0v) is 15.4. The fourth-order valence-corrected chi connectivity index (χ4v) is 4.26. The quantitative estimate of drug-likeness (QED) is 0.841. The van der Waals surface area contributed by atoms with Crippen molar-refractivity contribution in [1.82, 2.24) is 10.3 Å². The molecule has 0 radical (unpaired) electrons. The molecule has 1 saturated carbocycles. The molecule has 26 heavy (non-hydrogen) atoms. The molecule has 6 heteroatoms. The van der Waals surface area contributed by atoms with Crippen molar-refractivity contribution >= 4 is 11.7 Å². The molecular formula is C20H29N3O3. The van der Waals surface area contributed by atoms with Crippen LogP contribution in [0.25, 0.3) is 0 Å². The maximum absolute atomic E-state index is 12.5. The lowest BCUT2D eigenvalue weighted by Gasteiger charge is -2.38. The van der Waals surface area contributed by atoms with Gasteiger partial charge in [-0.25, -0.2) is 4.98 Å². The zero-order chi connectivity index (χ0) is 17.8. The van der Waals surface area contributed by atoms with Crippen molar-refractivity contribution < 1.29 is 14.3 Å². The van der Waals surface area contributed by atoms with Crippen LogP contribution in [0.15, 0.2) is 18.3 Å². The Morgan fingerprint density at radius 1 is 1.08 bits per heavy atom. The van der Waals surface area contributed by atoms with Gasteiger partial charge in [0.1, 0.15) is 5.82 Å². The first-order valence-electron chi connectivity index (χ1n) is 10.0. The van der Waals surface area contributed by atoms with Gasteiger partial charge in [0.15, 0.2) is 5.79 Å². The summed E-state index contributed by atoms with van der Waals surface area (Å²) in [7, 11) is 0. The van der Waals surface area contributed by atoms with E-state index in [1.54, 1.807) is 6.20 Å². The van der Waals surface area contributed by atoms with Crippen molar-refractivity contribution in [2.45, 2.75) is 63.2 Å². The summed E-state index contributed by atoms with van der Waals surface area (Å²) >= 11 is 0. The van der Waals surface area contributed by atoms with E-state index in [0.29, 0.717) is 24.8 Å². The molecular weight excluding hydrogens is 330 g/mol. The summed E-state index contributed by atoms with van der Waals surface area (Å²) in [6, 6.07) is 4.16. The number of carbonyl (C=O) groups is 1. The molecule has 1 aliphatic carbocycles. The number of anilines is 1. The average Bonchev–Trinajstić information content (AvgIpc) is 2.97. The molecule has 1 N–H and O–H groups in total. The Balaban J connectivity index is 1.32. The van der Waals surface area contributed by atoms with Crippen LogP contribution < -0.4 is 10.2 Å². The summed E-state index contributed by atoms with van der Waals surface area (Å²) in [5, 5.41) is 3.18. The second-order valence-corrected chi connectivity index (χ2v) is 7.66. The number of ether oxygens (including phenoxy) is 2. The van der Waals surface area contributed by atoms with Crippen LogP contribution in [0.3, 0.4) is 0 Å². The lowest BCUT2D eigenvalue weighted by molar-refractivity contribution is -0.169. The van der Waals surface area contributed by atoms with E-state index in [9.17, 15) is 4.79 Å². The molecule has 0 atom stereocenters. The van der Waals surface area contributed by atoms with Crippen molar-refractivity contribution in [2.75, 3.05) is 31.2 Å². The Hall–Kier alpha value is -1.66. The third-order valence-electron chi connectivity index (χ3n) is 5.86. The molecule has 1 amide bonds. The van der Waals surface area contributed by atoms with Gasteiger partial charge in [-0.2, -0.15) is 0 Å². The molecule has 2 saturated heterocycles. The van der Waals surface area contributed by atoms with Gasteiger partial charge in [-0.05, 0) is 25.0 Å². The van der Waals surface area contributed by atoms with Crippen molar-refractivity contribution in [3.05, 3.63) is 23.9 Å². The van der Waals surface area contributed by atoms with E-state index in [2.05, 4.69) is 15.2 Å². The molecule has 4 rings (SSSR count). The maximum atomic E-state index is 12.5. The summed E-state index contributed by atoms with van der Waals surface area (Å²) in [4.78, 5) is 19.3. The lowest BCUT2D eigenvalue weighted by Crippen LogP contribution is -2.45. The number of amides is 1. The Kier molecular flexibility index (Phi) is 5.41. The van der Waals surface area contributed by atoms with Crippen LogP contribution in [-0.4, -0.2) is 49.0 Å². The number of rotatable bonds is 3. The summed E-state index contributed by atoms with van der Waals surface area (Å²) in [5.41, 5.74) is 0.647. The number of aromatic nitrogens is 1. The van der Waals surface area contributed by atoms with Crippen LogP contribution in [0.4, 0.5) is 5.82 Å². The van der Waals surface area contributed by atoms with E-state index in [-0.39, 0.29) is 11.7 Å². The number of hydrogen-bond acceptors (Lipinski definition) is 5. The van der Waals surface area contributed by atoms with Crippen LogP contribution in [0.2, 0.25) is 0 Å².